The van der Waals surface area contributed by atoms with Crippen molar-refractivity contribution in [3.63, 3.8) is 0 Å². The van der Waals surface area contributed by atoms with Gasteiger partial charge in [0.25, 0.3) is 0 Å². The second kappa shape index (κ2) is 10.8. The van der Waals surface area contributed by atoms with Crippen LogP contribution in [0, 0.1) is 0 Å². The molecule has 0 aliphatic rings. The predicted octanol–water partition coefficient (Wildman–Crippen LogP) is 2.52. The number of amides is 3. The summed E-state index contributed by atoms with van der Waals surface area (Å²) in [7, 11) is 3.99. The molecule has 0 aliphatic carbocycles. The first-order valence-electron chi connectivity index (χ1n) is 8.31. The zero-order valence-electron chi connectivity index (χ0n) is 14.5. The van der Waals surface area contributed by atoms with Gasteiger partial charge < -0.3 is 10.2 Å². The number of hydrogen-bond donors (Lipinski definition) is 1. The molecule has 0 bridgehead atoms. The van der Waals surface area contributed by atoms with Gasteiger partial charge in [-0.1, -0.05) is 30.3 Å². The second-order valence-electron chi connectivity index (χ2n) is 5.87. The summed E-state index contributed by atoms with van der Waals surface area (Å²) >= 11 is 0. The monoisotopic (exact) mass is 319 g/mol. The van der Waals surface area contributed by atoms with Gasteiger partial charge in [-0.15, -0.1) is 0 Å². The lowest BCUT2D eigenvalue weighted by molar-refractivity contribution is -0.128. The molecule has 1 N–H and O–H groups in total. The van der Waals surface area contributed by atoms with E-state index in [0.29, 0.717) is 19.5 Å². The maximum Gasteiger partial charge on any atom is 0.324 e. The predicted molar refractivity (Wildman–Crippen MR) is 93.3 cm³/mol. The van der Waals surface area contributed by atoms with Crippen molar-refractivity contribution in [1.29, 1.82) is 0 Å². The van der Waals surface area contributed by atoms with Gasteiger partial charge in [-0.2, -0.15) is 0 Å². The van der Waals surface area contributed by atoms with Gasteiger partial charge >= 0.3 is 6.03 Å². The van der Waals surface area contributed by atoms with Crippen LogP contribution in [-0.2, 0) is 11.2 Å². The van der Waals surface area contributed by atoms with Crippen molar-refractivity contribution < 1.29 is 9.59 Å². The lowest BCUT2D eigenvalue weighted by atomic mass is 10.1. The van der Waals surface area contributed by atoms with Gasteiger partial charge in [0.05, 0.1) is 0 Å². The van der Waals surface area contributed by atoms with Crippen molar-refractivity contribution in [2.24, 2.45) is 0 Å². The van der Waals surface area contributed by atoms with Crippen LogP contribution in [-0.4, -0.2) is 55.5 Å². The van der Waals surface area contributed by atoms with Crippen LogP contribution in [0.4, 0.5) is 4.79 Å². The van der Waals surface area contributed by atoms with Gasteiger partial charge in [-0.05, 0) is 52.4 Å². The third-order valence-corrected chi connectivity index (χ3v) is 3.62. The largest absolute Gasteiger partial charge is 0.338 e. The molecule has 1 rings (SSSR count). The molecule has 0 saturated carbocycles. The van der Waals surface area contributed by atoms with Crippen molar-refractivity contribution in [2.75, 3.05) is 33.7 Å². The van der Waals surface area contributed by atoms with E-state index in [-0.39, 0.29) is 11.9 Å². The lowest BCUT2D eigenvalue weighted by Gasteiger charge is -2.20. The zero-order valence-corrected chi connectivity index (χ0v) is 14.5. The summed E-state index contributed by atoms with van der Waals surface area (Å²) in [5.41, 5.74) is 1.22. The topological polar surface area (TPSA) is 52.7 Å². The number of aryl methyl sites for hydroxylation is 1. The van der Waals surface area contributed by atoms with E-state index < -0.39 is 0 Å². The van der Waals surface area contributed by atoms with Crippen molar-refractivity contribution in [3.8, 4) is 0 Å². The van der Waals surface area contributed by atoms with E-state index in [0.717, 1.165) is 25.8 Å². The SMILES string of the molecule is CCN(C(=O)CCCc1ccccc1)C(=O)NCCCN(C)C. The zero-order chi connectivity index (χ0) is 17.1. The standard InChI is InChI=1S/C18H29N3O2/c1-4-21(18(23)19-14-9-15-20(2)3)17(22)13-8-12-16-10-6-5-7-11-16/h5-7,10-11H,4,8-9,12-15H2,1-3H3,(H,19,23). The number of imide groups is 1. The molecular formula is C18H29N3O2. The molecule has 0 fully saturated rings. The number of nitrogens with one attached hydrogen (secondary N) is 1. The molecule has 0 radical (unpaired) electrons. The van der Waals surface area contributed by atoms with Crippen molar-refractivity contribution in [3.05, 3.63) is 35.9 Å². The number of carbonyl (C=O) groups is 2. The first-order valence-corrected chi connectivity index (χ1v) is 8.31. The summed E-state index contributed by atoms with van der Waals surface area (Å²) in [6, 6.07) is 9.80. The molecule has 0 aliphatic heterocycles. The average molecular weight is 319 g/mol. The number of rotatable bonds is 9. The molecule has 1 aromatic rings. The Hall–Kier alpha value is -1.88. The van der Waals surface area contributed by atoms with Gasteiger partial charge in [0.1, 0.15) is 0 Å². The number of carbonyl (C=O) groups excluding carboxylic acids is 2. The Morgan fingerprint density at radius 2 is 1.78 bits per heavy atom. The molecule has 5 heteroatoms. The molecule has 5 nitrogen and oxygen atoms in total. The highest BCUT2D eigenvalue weighted by Gasteiger charge is 2.18. The third-order valence-electron chi connectivity index (χ3n) is 3.62. The molecule has 0 unspecified atom stereocenters. The van der Waals surface area contributed by atoms with Crippen molar-refractivity contribution >= 4 is 11.9 Å². The molecule has 0 aromatic heterocycles. The van der Waals surface area contributed by atoms with Crippen LogP contribution in [0.5, 0.6) is 0 Å². The second-order valence-corrected chi connectivity index (χ2v) is 5.87. The Kier molecular flexibility index (Phi) is 8.98. The molecule has 3 amide bonds. The number of nitrogens with zero attached hydrogens (tertiary/aromatic N) is 2. The molecule has 1 aromatic carbocycles. The Morgan fingerprint density at radius 3 is 2.39 bits per heavy atom. The summed E-state index contributed by atoms with van der Waals surface area (Å²) in [4.78, 5) is 27.7. The van der Waals surface area contributed by atoms with E-state index in [1.807, 2.05) is 39.2 Å². The summed E-state index contributed by atoms with van der Waals surface area (Å²) < 4.78 is 0. The Labute approximate surface area is 139 Å². The fourth-order valence-electron chi connectivity index (χ4n) is 2.34. The maximum absolute atomic E-state index is 12.2. The fraction of sp³-hybridized carbons (Fsp3) is 0.556. The van der Waals surface area contributed by atoms with Gasteiger partial charge in [0.2, 0.25) is 5.91 Å². The van der Waals surface area contributed by atoms with E-state index in [2.05, 4.69) is 22.3 Å². The normalized spacial score (nSPS) is 10.6. The highest BCUT2D eigenvalue weighted by Crippen LogP contribution is 2.06. The van der Waals surface area contributed by atoms with Gasteiger partial charge in [-0.25, -0.2) is 4.79 Å². The highest BCUT2D eigenvalue weighted by atomic mass is 16.2. The number of hydrogen-bond acceptors (Lipinski definition) is 3. The Morgan fingerprint density at radius 1 is 1.09 bits per heavy atom. The first-order chi connectivity index (χ1) is 11.0. The lowest BCUT2D eigenvalue weighted by Crippen LogP contribution is -2.44. The van der Waals surface area contributed by atoms with Crippen LogP contribution in [0.15, 0.2) is 30.3 Å². The molecule has 23 heavy (non-hydrogen) atoms. The highest BCUT2D eigenvalue weighted by molar-refractivity contribution is 5.94. The van der Waals surface area contributed by atoms with E-state index in [9.17, 15) is 9.59 Å². The average Bonchev–Trinajstić information content (AvgIpc) is 2.53. The van der Waals surface area contributed by atoms with E-state index in [1.165, 1.54) is 10.5 Å². The maximum atomic E-state index is 12.2. The van der Waals surface area contributed by atoms with Crippen LogP contribution < -0.4 is 5.32 Å². The smallest absolute Gasteiger partial charge is 0.324 e. The Bertz CT molecular complexity index is 474. The van der Waals surface area contributed by atoms with E-state index >= 15 is 0 Å². The first kappa shape index (κ1) is 19.2. The number of urea groups is 1. The summed E-state index contributed by atoms with van der Waals surface area (Å²) in [6.45, 7) is 3.74. The third kappa shape index (κ3) is 7.79. The molecule has 128 valence electrons. The summed E-state index contributed by atoms with van der Waals surface area (Å²) in [5.74, 6) is -0.103. The quantitative estimate of drug-likeness (QED) is 0.712. The fourth-order valence-corrected chi connectivity index (χ4v) is 2.34. The van der Waals surface area contributed by atoms with E-state index in [1.54, 1.807) is 0 Å². The summed E-state index contributed by atoms with van der Waals surface area (Å²) in [6.07, 6.45) is 2.88. The van der Waals surface area contributed by atoms with E-state index in [4.69, 9.17) is 0 Å². The number of benzene rings is 1. The van der Waals surface area contributed by atoms with Gasteiger partial charge in [0.15, 0.2) is 0 Å². The molecule has 0 spiro atoms. The van der Waals surface area contributed by atoms with Crippen molar-refractivity contribution in [2.45, 2.75) is 32.6 Å². The minimum atomic E-state index is -0.282. The van der Waals surface area contributed by atoms with Crippen molar-refractivity contribution in [1.82, 2.24) is 15.1 Å². The van der Waals surface area contributed by atoms with Crippen LogP contribution in [0.3, 0.4) is 0 Å². The summed E-state index contributed by atoms with van der Waals surface area (Å²) in [5, 5.41) is 2.82. The minimum Gasteiger partial charge on any atom is -0.338 e. The van der Waals surface area contributed by atoms with Gasteiger partial charge in [-0.3, -0.25) is 9.69 Å². The Balaban J connectivity index is 2.31. The van der Waals surface area contributed by atoms with Crippen LogP contribution in [0.25, 0.3) is 0 Å². The molecule has 0 atom stereocenters. The molecular weight excluding hydrogens is 290 g/mol. The van der Waals surface area contributed by atoms with Gasteiger partial charge in [0, 0.05) is 19.5 Å². The van der Waals surface area contributed by atoms with Crippen LogP contribution >= 0.6 is 0 Å². The minimum absolute atomic E-state index is 0.103. The molecule has 0 saturated heterocycles. The van der Waals surface area contributed by atoms with Crippen LogP contribution in [0.1, 0.15) is 31.7 Å². The molecule has 0 heterocycles. The van der Waals surface area contributed by atoms with Crippen LogP contribution in [0.2, 0.25) is 0 Å².